The number of Topliss-reactive ketones (excluding diaryl/α,β-unsaturated/α-hetero) is 1. The van der Waals surface area contributed by atoms with E-state index in [9.17, 15) is 27.6 Å². The molecule has 1 aliphatic heterocycles. The first-order chi connectivity index (χ1) is 18.0. The predicted molar refractivity (Wildman–Crippen MR) is 141 cm³/mol. The van der Waals surface area contributed by atoms with Crippen LogP contribution in [-0.2, 0) is 11.2 Å². The molecule has 2 unspecified atom stereocenters. The summed E-state index contributed by atoms with van der Waals surface area (Å²) in [5.41, 5.74) is 7.66. The van der Waals surface area contributed by atoms with Crippen molar-refractivity contribution < 1.29 is 27.6 Å². The number of nitrogens with two attached hydrogens (primary N) is 2. The second-order valence-corrected chi connectivity index (χ2v) is 9.69. The van der Waals surface area contributed by atoms with Gasteiger partial charge in [-0.05, 0) is 55.5 Å². The van der Waals surface area contributed by atoms with E-state index < -0.39 is 47.7 Å². The lowest BCUT2D eigenvalue weighted by molar-refractivity contribution is -0.138. The quantitative estimate of drug-likeness (QED) is 0.118. The van der Waals surface area contributed by atoms with E-state index in [0.717, 1.165) is 12.6 Å². The average Bonchev–Trinajstić information content (AvgIpc) is 3.44. The van der Waals surface area contributed by atoms with Gasteiger partial charge >= 0.3 is 0 Å². The highest BCUT2D eigenvalue weighted by Gasteiger charge is 2.60. The SMILES string of the molecule is C.C=C.Cc1c(C(=O)C(=O)NC2(/C(=C/N)NN)CC(F)(F)C2)c2n(c1C(=O)Nc1ccc(F)cc1)C1CC1C2. The number of carbonyl (C=O) groups excluding carboxylic acids is 3. The molecule has 5 rings (SSSR count). The van der Waals surface area contributed by atoms with Gasteiger partial charge in [0.1, 0.15) is 11.5 Å². The molecule has 2 amide bonds. The lowest BCUT2D eigenvalue weighted by atomic mass is 9.71. The highest BCUT2D eigenvalue weighted by Crippen LogP contribution is 2.54. The number of halogens is 3. The topological polar surface area (TPSA) is 144 Å². The Balaban J connectivity index is 0.00000137. The standard InChI is InChI=1S/C24H25F3N6O3.C2H4.CH4/c1-11-18(20(34)22(36)31-23(17(8-28)32-29)9-24(26,27)10-23)16-7-12-6-15(12)33(16)19(11)21(35)30-14-4-2-13(25)3-5-14;1-2;/h2-5,8,12,15,32H,6-7,9-10,28-29H2,1H3,(H,30,35)(H,31,36);1-2H2;1H4/b17-8-;;. The van der Waals surface area contributed by atoms with Crippen molar-refractivity contribution in [3.8, 4) is 0 Å². The molecule has 2 heterocycles. The maximum atomic E-state index is 13.8. The molecule has 2 atom stereocenters. The summed E-state index contributed by atoms with van der Waals surface area (Å²) in [6.07, 6.45) is 0.809. The third kappa shape index (κ3) is 5.03. The van der Waals surface area contributed by atoms with Gasteiger partial charge in [0.15, 0.2) is 0 Å². The van der Waals surface area contributed by atoms with Gasteiger partial charge in [-0.2, -0.15) is 0 Å². The van der Waals surface area contributed by atoms with Crippen LogP contribution in [0.1, 0.15) is 64.8 Å². The normalized spacial score (nSPS) is 21.0. The number of hydrogen-bond acceptors (Lipinski definition) is 6. The number of anilines is 1. The third-order valence-corrected chi connectivity index (χ3v) is 7.28. The van der Waals surface area contributed by atoms with Crippen molar-refractivity contribution in [1.29, 1.82) is 0 Å². The molecule has 2 fully saturated rings. The van der Waals surface area contributed by atoms with E-state index >= 15 is 0 Å². The number of hydrazine groups is 1. The number of fused-ring (bicyclic) bond motifs is 3. The molecule has 3 aliphatic rings. The number of nitrogens with zero attached hydrogens (tertiary/aromatic N) is 1. The lowest BCUT2D eigenvalue weighted by Gasteiger charge is -2.48. The van der Waals surface area contributed by atoms with Crippen molar-refractivity contribution >= 4 is 23.3 Å². The van der Waals surface area contributed by atoms with Gasteiger partial charge in [-0.3, -0.25) is 20.2 Å². The Morgan fingerprint density at radius 1 is 1.15 bits per heavy atom. The summed E-state index contributed by atoms with van der Waals surface area (Å²) in [5, 5.41) is 5.11. The van der Waals surface area contributed by atoms with Gasteiger partial charge in [-0.25, -0.2) is 13.2 Å². The molecule has 1 aromatic heterocycles. The van der Waals surface area contributed by atoms with Gasteiger partial charge in [0.25, 0.3) is 23.5 Å². The number of nitrogens with one attached hydrogen (secondary N) is 3. The number of aromatic nitrogens is 1. The summed E-state index contributed by atoms with van der Waals surface area (Å²) in [6, 6.07) is 5.29. The van der Waals surface area contributed by atoms with Crippen LogP contribution in [0, 0.1) is 18.7 Å². The van der Waals surface area contributed by atoms with Gasteiger partial charge in [0.05, 0.1) is 16.8 Å². The molecule has 0 saturated heterocycles. The molecule has 2 aromatic rings. The van der Waals surface area contributed by atoms with Gasteiger partial charge < -0.3 is 26.4 Å². The Labute approximate surface area is 224 Å². The number of ketones is 1. The number of hydrogen-bond donors (Lipinski definition) is 5. The van der Waals surface area contributed by atoms with Crippen molar-refractivity contribution in [3.05, 3.63) is 77.7 Å². The molecule has 7 N–H and O–H groups in total. The van der Waals surface area contributed by atoms with Crippen molar-refractivity contribution in [1.82, 2.24) is 15.3 Å². The molecule has 210 valence electrons. The highest BCUT2D eigenvalue weighted by atomic mass is 19.3. The molecule has 0 spiro atoms. The smallest absolute Gasteiger partial charge is 0.293 e. The zero-order valence-electron chi connectivity index (χ0n) is 20.7. The molecule has 1 aromatic carbocycles. The van der Waals surface area contributed by atoms with E-state index in [1.807, 2.05) is 0 Å². The maximum absolute atomic E-state index is 13.8. The van der Waals surface area contributed by atoms with Crippen molar-refractivity contribution in [3.63, 3.8) is 0 Å². The van der Waals surface area contributed by atoms with Crippen LogP contribution in [-0.4, -0.2) is 33.6 Å². The van der Waals surface area contributed by atoms with Crippen molar-refractivity contribution in [2.24, 2.45) is 17.5 Å². The highest BCUT2D eigenvalue weighted by molar-refractivity contribution is 6.44. The molecule has 39 heavy (non-hydrogen) atoms. The van der Waals surface area contributed by atoms with Crippen LogP contribution in [0.5, 0.6) is 0 Å². The van der Waals surface area contributed by atoms with E-state index in [0.29, 0.717) is 23.4 Å². The monoisotopic (exact) mass is 546 g/mol. The second-order valence-electron chi connectivity index (χ2n) is 9.69. The fourth-order valence-corrected chi connectivity index (χ4v) is 5.57. The molecular weight excluding hydrogens is 513 g/mol. The van der Waals surface area contributed by atoms with Crippen LogP contribution in [0.3, 0.4) is 0 Å². The van der Waals surface area contributed by atoms with E-state index in [2.05, 4.69) is 29.2 Å². The average molecular weight is 547 g/mol. The first-order valence-corrected chi connectivity index (χ1v) is 11.9. The fourth-order valence-electron chi connectivity index (χ4n) is 5.57. The van der Waals surface area contributed by atoms with E-state index in [-0.39, 0.29) is 36.3 Å². The fraction of sp³-hybridized carbons (Fsp3) is 0.370. The summed E-state index contributed by atoms with van der Waals surface area (Å²) >= 11 is 0. The maximum Gasteiger partial charge on any atom is 0.293 e. The summed E-state index contributed by atoms with van der Waals surface area (Å²) < 4.78 is 42.6. The second kappa shape index (κ2) is 10.6. The number of rotatable bonds is 7. The van der Waals surface area contributed by atoms with Crippen LogP contribution in [0.25, 0.3) is 0 Å². The molecule has 0 bridgehead atoms. The van der Waals surface area contributed by atoms with Crippen molar-refractivity contribution in [2.75, 3.05) is 5.32 Å². The minimum absolute atomic E-state index is 0. The van der Waals surface area contributed by atoms with Crippen LogP contribution in [0.4, 0.5) is 18.9 Å². The van der Waals surface area contributed by atoms with E-state index in [1.165, 1.54) is 24.3 Å². The largest absolute Gasteiger partial charge is 0.403 e. The van der Waals surface area contributed by atoms with Gasteiger partial charge in [-0.1, -0.05) is 7.43 Å². The van der Waals surface area contributed by atoms with Gasteiger partial charge in [0, 0.05) is 36.5 Å². The van der Waals surface area contributed by atoms with Crippen molar-refractivity contribution in [2.45, 2.75) is 57.5 Å². The minimum atomic E-state index is -3.05. The molecule has 9 nitrogen and oxygen atoms in total. The molecule has 12 heteroatoms. The number of amides is 2. The predicted octanol–water partition coefficient (Wildman–Crippen LogP) is 3.47. The Bertz CT molecular complexity index is 1330. The Morgan fingerprint density at radius 3 is 2.31 bits per heavy atom. The van der Waals surface area contributed by atoms with Gasteiger partial charge in [-0.15, -0.1) is 13.2 Å². The Hall–Kier alpha value is -4.06. The Kier molecular flexibility index (Phi) is 8.02. The number of alkyl halides is 2. The van der Waals surface area contributed by atoms with Crippen LogP contribution in [0.2, 0.25) is 0 Å². The third-order valence-electron chi connectivity index (χ3n) is 7.28. The lowest BCUT2D eigenvalue weighted by Crippen LogP contribution is -2.66. The molecular formula is C27H33F3N6O3. The summed E-state index contributed by atoms with van der Waals surface area (Å²) in [5.74, 6) is -0.357. The minimum Gasteiger partial charge on any atom is -0.403 e. The van der Waals surface area contributed by atoms with Crippen LogP contribution >= 0.6 is 0 Å². The molecule has 2 saturated carbocycles. The first kappa shape index (κ1) is 29.5. The number of carbonyl (C=O) groups is 3. The van der Waals surface area contributed by atoms with E-state index in [1.54, 1.807) is 11.5 Å². The van der Waals surface area contributed by atoms with E-state index in [4.69, 9.17) is 11.6 Å². The summed E-state index contributed by atoms with van der Waals surface area (Å²) in [7, 11) is 0. The van der Waals surface area contributed by atoms with Gasteiger partial charge in [0.2, 0.25) is 0 Å². The van der Waals surface area contributed by atoms with Crippen LogP contribution in [0.15, 0.2) is 49.3 Å². The summed E-state index contributed by atoms with van der Waals surface area (Å²) in [6.45, 7) is 7.57. The zero-order chi connectivity index (χ0) is 28.0. The summed E-state index contributed by atoms with van der Waals surface area (Å²) in [4.78, 5) is 39.6. The molecule has 0 radical (unpaired) electrons. The number of benzene rings is 1. The zero-order valence-corrected chi connectivity index (χ0v) is 20.7. The van der Waals surface area contributed by atoms with Crippen LogP contribution < -0.4 is 27.6 Å². The first-order valence-electron chi connectivity index (χ1n) is 11.9. The molecule has 2 aliphatic carbocycles. The Morgan fingerprint density at radius 2 is 1.77 bits per heavy atom.